The third-order valence-corrected chi connectivity index (χ3v) is 2.51. The number of amides is 1. The van der Waals surface area contributed by atoms with Crippen LogP contribution in [0.4, 0.5) is 0 Å². The first-order valence-corrected chi connectivity index (χ1v) is 5.39. The zero-order valence-corrected chi connectivity index (χ0v) is 8.87. The predicted molar refractivity (Wildman–Crippen MR) is 55.6 cm³/mol. The molecule has 1 amide bonds. The topological polar surface area (TPSA) is 69.6 Å². The van der Waals surface area contributed by atoms with Crippen molar-refractivity contribution >= 4 is 11.9 Å². The second kappa shape index (κ2) is 6.40. The Morgan fingerprint density at radius 2 is 1.87 bits per heavy atom. The predicted octanol–water partition coefficient (Wildman–Crippen LogP) is 0.0632. The Bertz CT molecular complexity index is 225. The summed E-state index contributed by atoms with van der Waals surface area (Å²) >= 11 is 0. The quantitative estimate of drug-likeness (QED) is 0.656. The van der Waals surface area contributed by atoms with E-state index >= 15 is 0 Å². The van der Waals surface area contributed by atoms with Gasteiger partial charge in [0.05, 0.1) is 6.42 Å². The molecule has 0 aromatic heterocycles. The minimum absolute atomic E-state index is 0.00451. The summed E-state index contributed by atoms with van der Waals surface area (Å²) in [5, 5.41) is 11.0. The standard InChI is InChI=1S/C10H18N2O3/c13-9(11-5-3-10(14)15)4-8-12-6-1-2-7-12/h1-8H2,(H,11,13)(H,14,15). The van der Waals surface area contributed by atoms with Crippen LogP contribution in [0.3, 0.4) is 0 Å². The number of carbonyl (C=O) groups is 2. The number of aliphatic carboxylic acids is 1. The number of hydrogen-bond acceptors (Lipinski definition) is 3. The summed E-state index contributed by atoms with van der Waals surface area (Å²) in [6.45, 7) is 3.19. The van der Waals surface area contributed by atoms with Gasteiger partial charge in [-0.05, 0) is 25.9 Å². The number of nitrogens with zero attached hydrogens (tertiary/aromatic N) is 1. The molecule has 0 spiro atoms. The van der Waals surface area contributed by atoms with E-state index in [2.05, 4.69) is 10.2 Å². The van der Waals surface area contributed by atoms with Crippen LogP contribution in [0.1, 0.15) is 25.7 Å². The van der Waals surface area contributed by atoms with Gasteiger partial charge in [0, 0.05) is 19.5 Å². The van der Waals surface area contributed by atoms with Crippen LogP contribution in [-0.4, -0.2) is 48.1 Å². The Balaban J connectivity index is 2.00. The van der Waals surface area contributed by atoms with E-state index in [9.17, 15) is 9.59 Å². The molecule has 1 rings (SSSR count). The van der Waals surface area contributed by atoms with Gasteiger partial charge >= 0.3 is 5.97 Å². The maximum Gasteiger partial charge on any atom is 0.305 e. The molecule has 86 valence electrons. The van der Waals surface area contributed by atoms with E-state index in [1.165, 1.54) is 12.8 Å². The van der Waals surface area contributed by atoms with Gasteiger partial charge < -0.3 is 15.3 Å². The fourth-order valence-corrected chi connectivity index (χ4v) is 1.66. The minimum Gasteiger partial charge on any atom is -0.481 e. The largest absolute Gasteiger partial charge is 0.481 e. The smallest absolute Gasteiger partial charge is 0.305 e. The number of hydrogen-bond donors (Lipinski definition) is 2. The molecule has 0 saturated carbocycles. The van der Waals surface area contributed by atoms with Gasteiger partial charge in [0.15, 0.2) is 0 Å². The van der Waals surface area contributed by atoms with Crippen molar-refractivity contribution < 1.29 is 14.7 Å². The second-order valence-corrected chi connectivity index (χ2v) is 3.79. The summed E-state index contributed by atoms with van der Waals surface area (Å²) in [6, 6.07) is 0. The molecule has 1 aliphatic heterocycles. The van der Waals surface area contributed by atoms with Crippen molar-refractivity contribution in [2.45, 2.75) is 25.7 Å². The SMILES string of the molecule is O=C(O)CCNC(=O)CCN1CCCC1. The van der Waals surface area contributed by atoms with Crippen LogP contribution < -0.4 is 5.32 Å². The fraction of sp³-hybridized carbons (Fsp3) is 0.800. The molecule has 1 heterocycles. The number of rotatable bonds is 6. The van der Waals surface area contributed by atoms with Crippen LogP contribution in [-0.2, 0) is 9.59 Å². The van der Waals surface area contributed by atoms with Crippen molar-refractivity contribution in [2.24, 2.45) is 0 Å². The Morgan fingerprint density at radius 3 is 2.47 bits per heavy atom. The van der Waals surface area contributed by atoms with Gasteiger partial charge in [-0.1, -0.05) is 0 Å². The fourth-order valence-electron chi connectivity index (χ4n) is 1.66. The minimum atomic E-state index is -0.880. The molecule has 1 aliphatic rings. The maximum atomic E-state index is 11.3. The summed E-state index contributed by atoms with van der Waals surface area (Å²) in [6.07, 6.45) is 2.91. The molecule has 15 heavy (non-hydrogen) atoms. The monoisotopic (exact) mass is 214 g/mol. The highest BCUT2D eigenvalue weighted by Gasteiger charge is 2.12. The van der Waals surface area contributed by atoms with Gasteiger partial charge in [-0.3, -0.25) is 9.59 Å². The lowest BCUT2D eigenvalue weighted by Crippen LogP contribution is -2.30. The zero-order chi connectivity index (χ0) is 11.1. The lowest BCUT2D eigenvalue weighted by atomic mass is 10.3. The molecule has 0 aromatic rings. The molecule has 0 atom stereocenters. The molecule has 5 nitrogen and oxygen atoms in total. The van der Waals surface area contributed by atoms with Gasteiger partial charge in [0.2, 0.25) is 5.91 Å². The summed E-state index contributed by atoms with van der Waals surface area (Å²) in [4.78, 5) is 23.7. The average molecular weight is 214 g/mol. The van der Waals surface area contributed by atoms with Crippen molar-refractivity contribution in [1.82, 2.24) is 10.2 Å². The van der Waals surface area contributed by atoms with E-state index in [0.717, 1.165) is 19.6 Å². The summed E-state index contributed by atoms with van der Waals surface area (Å²) in [5.74, 6) is -0.932. The molecule has 0 aliphatic carbocycles. The van der Waals surface area contributed by atoms with E-state index in [1.54, 1.807) is 0 Å². The van der Waals surface area contributed by atoms with Crippen molar-refractivity contribution in [3.8, 4) is 0 Å². The molecular formula is C10H18N2O3. The van der Waals surface area contributed by atoms with Crippen LogP contribution in [0.2, 0.25) is 0 Å². The van der Waals surface area contributed by atoms with Crippen LogP contribution in [0.25, 0.3) is 0 Å². The number of carboxylic acid groups (broad SMARTS) is 1. The molecular weight excluding hydrogens is 196 g/mol. The molecule has 5 heteroatoms. The van der Waals surface area contributed by atoms with Gasteiger partial charge in [-0.2, -0.15) is 0 Å². The first kappa shape index (κ1) is 12.0. The van der Waals surface area contributed by atoms with E-state index in [-0.39, 0.29) is 18.9 Å². The molecule has 1 saturated heterocycles. The number of likely N-dealkylation sites (tertiary alicyclic amines) is 1. The van der Waals surface area contributed by atoms with E-state index < -0.39 is 5.97 Å². The van der Waals surface area contributed by atoms with Crippen LogP contribution >= 0.6 is 0 Å². The lowest BCUT2D eigenvalue weighted by molar-refractivity contribution is -0.136. The highest BCUT2D eigenvalue weighted by molar-refractivity contribution is 5.76. The van der Waals surface area contributed by atoms with E-state index in [1.807, 2.05) is 0 Å². The van der Waals surface area contributed by atoms with Crippen molar-refractivity contribution in [3.05, 3.63) is 0 Å². The summed E-state index contributed by atoms with van der Waals surface area (Å²) in [7, 11) is 0. The molecule has 2 N–H and O–H groups in total. The van der Waals surface area contributed by atoms with Gasteiger partial charge in [0.1, 0.15) is 0 Å². The Labute approximate surface area is 89.4 Å². The maximum absolute atomic E-state index is 11.3. The van der Waals surface area contributed by atoms with Crippen LogP contribution in [0.5, 0.6) is 0 Å². The highest BCUT2D eigenvalue weighted by atomic mass is 16.4. The normalized spacial score (nSPS) is 16.5. The van der Waals surface area contributed by atoms with Crippen molar-refractivity contribution in [1.29, 1.82) is 0 Å². The average Bonchev–Trinajstić information content (AvgIpc) is 2.66. The van der Waals surface area contributed by atoms with Gasteiger partial charge in [-0.25, -0.2) is 0 Å². The second-order valence-electron chi connectivity index (χ2n) is 3.79. The van der Waals surface area contributed by atoms with Crippen molar-refractivity contribution in [2.75, 3.05) is 26.2 Å². The van der Waals surface area contributed by atoms with E-state index in [0.29, 0.717) is 6.42 Å². The highest BCUT2D eigenvalue weighted by Crippen LogP contribution is 2.06. The number of carbonyl (C=O) groups excluding carboxylic acids is 1. The molecule has 0 radical (unpaired) electrons. The Morgan fingerprint density at radius 1 is 1.20 bits per heavy atom. The third-order valence-electron chi connectivity index (χ3n) is 2.51. The van der Waals surface area contributed by atoms with Gasteiger partial charge in [-0.15, -0.1) is 0 Å². The first-order valence-electron chi connectivity index (χ1n) is 5.39. The Kier molecular flexibility index (Phi) is 5.10. The summed E-state index contributed by atoms with van der Waals surface area (Å²) < 4.78 is 0. The first-order chi connectivity index (χ1) is 7.18. The number of carboxylic acids is 1. The molecule has 0 unspecified atom stereocenters. The van der Waals surface area contributed by atoms with Crippen LogP contribution in [0.15, 0.2) is 0 Å². The van der Waals surface area contributed by atoms with Gasteiger partial charge in [0.25, 0.3) is 0 Å². The summed E-state index contributed by atoms with van der Waals surface area (Å²) in [5.41, 5.74) is 0. The zero-order valence-electron chi connectivity index (χ0n) is 8.87. The molecule has 0 aromatic carbocycles. The molecule has 1 fully saturated rings. The molecule has 0 bridgehead atoms. The van der Waals surface area contributed by atoms with E-state index in [4.69, 9.17) is 5.11 Å². The Hall–Kier alpha value is -1.10. The van der Waals surface area contributed by atoms with Crippen LogP contribution in [0, 0.1) is 0 Å². The van der Waals surface area contributed by atoms with Crippen molar-refractivity contribution in [3.63, 3.8) is 0 Å². The third kappa shape index (κ3) is 5.37. The number of nitrogens with one attached hydrogen (secondary N) is 1. The lowest BCUT2D eigenvalue weighted by Gasteiger charge is -2.13.